The number of anilines is 2. The van der Waals surface area contributed by atoms with Gasteiger partial charge in [-0.2, -0.15) is 0 Å². The van der Waals surface area contributed by atoms with Crippen molar-refractivity contribution in [2.24, 2.45) is 0 Å². The summed E-state index contributed by atoms with van der Waals surface area (Å²) in [6.45, 7) is 4.52. The maximum absolute atomic E-state index is 13.7. The fourth-order valence-corrected chi connectivity index (χ4v) is 1.53. The molecule has 92 valence electrons. The maximum atomic E-state index is 13.7. The van der Waals surface area contributed by atoms with Gasteiger partial charge in [0.2, 0.25) is 11.8 Å². The summed E-state index contributed by atoms with van der Waals surface area (Å²) in [7, 11) is 0. The summed E-state index contributed by atoms with van der Waals surface area (Å²) in [5, 5.41) is 4.96. The Morgan fingerprint density at radius 3 is 2.24 bits per heavy atom. The molecule has 2 N–H and O–H groups in total. The second kappa shape index (κ2) is 5.43. The lowest BCUT2D eigenvalue weighted by atomic mass is 10.1. The molecule has 0 aliphatic heterocycles. The van der Waals surface area contributed by atoms with Crippen LogP contribution in [0.3, 0.4) is 0 Å². The minimum Gasteiger partial charge on any atom is -0.326 e. The molecule has 4 nitrogen and oxygen atoms in total. The molecule has 0 radical (unpaired) electrons. The van der Waals surface area contributed by atoms with Gasteiger partial charge in [0.1, 0.15) is 5.82 Å². The Hall–Kier alpha value is -1.91. The second-order valence-corrected chi connectivity index (χ2v) is 3.71. The van der Waals surface area contributed by atoms with Crippen LogP contribution in [-0.4, -0.2) is 11.8 Å². The summed E-state index contributed by atoms with van der Waals surface area (Å²) >= 11 is 0. The molecule has 0 aromatic heterocycles. The van der Waals surface area contributed by atoms with E-state index in [1.165, 1.54) is 19.9 Å². The van der Waals surface area contributed by atoms with E-state index in [1.807, 2.05) is 6.92 Å². The molecule has 0 aliphatic rings. The molecule has 0 saturated heterocycles. The van der Waals surface area contributed by atoms with Gasteiger partial charge in [-0.05, 0) is 24.1 Å². The van der Waals surface area contributed by atoms with E-state index in [2.05, 4.69) is 10.6 Å². The first-order chi connectivity index (χ1) is 7.93. The van der Waals surface area contributed by atoms with Crippen LogP contribution in [0.1, 0.15) is 26.3 Å². The predicted octanol–water partition coefficient (Wildman–Crippen LogP) is 2.30. The highest BCUT2D eigenvalue weighted by Crippen LogP contribution is 2.25. The highest BCUT2D eigenvalue weighted by molar-refractivity contribution is 5.92. The van der Waals surface area contributed by atoms with Gasteiger partial charge in [-0.1, -0.05) is 6.92 Å². The van der Waals surface area contributed by atoms with Crippen LogP contribution >= 0.6 is 0 Å². The normalized spacial score (nSPS) is 9.88. The van der Waals surface area contributed by atoms with Crippen LogP contribution in [-0.2, 0) is 16.0 Å². The molecule has 0 fully saturated rings. The Kier molecular flexibility index (Phi) is 4.20. The largest absolute Gasteiger partial charge is 0.326 e. The first kappa shape index (κ1) is 13.2. The van der Waals surface area contributed by atoms with Gasteiger partial charge in [0.15, 0.2) is 0 Å². The first-order valence-electron chi connectivity index (χ1n) is 5.31. The third kappa shape index (κ3) is 3.55. The Bertz CT molecular complexity index is 458. The van der Waals surface area contributed by atoms with E-state index in [0.717, 1.165) is 0 Å². The van der Waals surface area contributed by atoms with E-state index >= 15 is 0 Å². The quantitative estimate of drug-likeness (QED) is 0.848. The average Bonchev–Trinajstić information content (AvgIpc) is 2.20. The van der Waals surface area contributed by atoms with Crippen molar-refractivity contribution < 1.29 is 14.0 Å². The zero-order valence-electron chi connectivity index (χ0n) is 10.1. The van der Waals surface area contributed by atoms with Gasteiger partial charge in [0.05, 0.1) is 5.69 Å². The number of carbonyl (C=O) groups is 2. The zero-order valence-corrected chi connectivity index (χ0v) is 10.1. The molecule has 0 saturated carbocycles. The van der Waals surface area contributed by atoms with E-state index in [-0.39, 0.29) is 17.5 Å². The van der Waals surface area contributed by atoms with E-state index in [4.69, 9.17) is 0 Å². The van der Waals surface area contributed by atoms with Gasteiger partial charge in [-0.25, -0.2) is 4.39 Å². The van der Waals surface area contributed by atoms with Crippen LogP contribution in [0.2, 0.25) is 0 Å². The number of halogens is 1. The number of rotatable bonds is 3. The van der Waals surface area contributed by atoms with Gasteiger partial charge >= 0.3 is 0 Å². The lowest BCUT2D eigenvalue weighted by Gasteiger charge is -2.12. The predicted molar refractivity (Wildman–Crippen MR) is 64.4 cm³/mol. The van der Waals surface area contributed by atoms with E-state index in [9.17, 15) is 14.0 Å². The number of carbonyl (C=O) groups excluding carboxylic acids is 2. The monoisotopic (exact) mass is 238 g/mol. The summed E-state index contributed by atoms with van der Waals surface area (Å²) in [4.78, 5) is 21.8. The van der Waals surface area contributed by atoms with E-state index < -0.39 is 5.82 Å². The number of benzene rings is 1. The van der Waals surface area contributed by atoms with E-state index in [0.29, 0.717) is 17.7 Å². The van der Waals surface area contributed by atoms with Crippen molar-refractivity contribution in [1.82, 2.24) is 0 Å². The Morgan fingerprint density at radius 2 is 1.76 bits per heavy atom. The zero-order chi connectivity index (χ0) is 13.0. The SMILES string of the molecule is CCc1cc(NC(C)=O)cc(F)c1NC(C)=O. The van der Waals surface area contributed by atoms with Gasteiger partial charge in [0, 0.05) is 19.5 Å². The number of hydrogen-bond acceptors (Lipinski definition) is 2. The molecule has 0 spiro atoms. The van der Waals surface area contributed by atoms with Gasteiger partial charge < -0.3 is 10.6 Å². The summed E-state index contributed by atoms with van der Waals surface area (Å²) in [5.74, 6) is -1.15. The standard InChI is InChI=1S/C12H15FN2O2/c1-4-9-5-10(14-7(2)16)6-11(13)12(9)15-8(3)17/h5-6H,4H2,1-3H3,(H,14,16)(H,15,17). The van der Waals surface area contributed by atoms with Crippen LogP contribution in [0, 0.1) is 5.82 Å². The summed E-state index contributed by atoms with van der Waals surface area (Å²) in [6.07, 6.45) is 0.556. The van der Waals surface area contributed by atoms with Gasteiger partial charge in [-0.15, -0.1) is 0 Å². The molecule has 0 heterocycles. The molecule has 0 unspecified atom stereocenters. The molecule has 0 atom stereocenters. The number of hydrogen-bond donors (Lipinski definition) is 2. The van der Waals surface area contributed by atoms with Crippen LogP contribution in [0.15, 0.2) is 12.1 Å². The Balaban J connectivity index is 3.15. The lowest BCUT2D eigenvalue weighted by molar-refractivity contribution is -0.115. The second-order valence-electron chi connectivity index (χ2n) is 3.71. The number of aryl methyl sites for hydroxylation is 1. The number of nitrogens with one attached hydrogen (secondary N) is 2. The van der Waals surface area contributed by atoms with Crippen LogP contribution in [0.25, 0.3) is 0 Å². The van der Waals surface area contributed by atoms with Crippen molar-refractivity contribution >= 4 is 23.2 Å². The van der Waals surface area contributed by atoms with Crippen molar-refractivity contribution in [2.45, 2.75) is 27.2 Å². The van der Waals surface area contributed by atoms with E-state index in [1.54, 1.807) is 6.07 Å². The smallest absolute Gasteiger partial charge is 0.221 e. The minimum absolute atomic E-state index is 0.175. The highest BCUT2D eigenvalue weighted by Gasteiger charge is 2.11. The molecule has 1 aromatic rings. The molecule has 17 heavy (non-hydrogen) atoms. The molecular formula is C12H15FN2O2. The molecule has 2 amide bonds. The van der Waals surface area contributed by atoms with Crippen molar-refractivity contribution in [2.75, 3.05) is 10.6 Å². The lowest BCUT2D eigenvalue weighted by Crippen LogP contribution is -2.12. The maximum Gasteiger partial charge on any atom is 0.221 e. The molecular weight excluding hydrogens is 223 g/mol. The van der Waals surface area contributed by atoms with Crippen molar-refractivity contribution in [3.63, 3.8) is 0 Å². The summed E-state index contributed by atoms with van der Waals surface area (Å²) in [5.41, 5.74) is 1.21. The number of amides is 2. The van der Waals surface area contributed by atoms with Gasteiger partial charge in [0.25, 0.3) is 0 Å². The summed E-state index contributed by atoms with van der Waals surface area (Å²) in [6, 6.07) is 2.83. The first-order valence-corrected chi connectivity index (χ1v) is 5.31. The van der Waals surface area contributed by atoms with Crippen LogP contribution in [0.4, 0.5) is 15.8 Å². The Labute approximate surface area is 99.2 Å². The third-order valence-electron chi connectivity index (χ3n) is 2.17. The molecule has 1 rings (SSSR count). The fourth-order valence-electron chi connectivity index (χ4n) is 1.53. The van der Waals surface area contributed by atoms with Crippen molar-refractivity contribution in [1.29, 1.82) is 0 Å². The Morgan fingerprint density at radius 1 is 1.18 bits per heavy atom. The molecule has 5 heteroatoms. The molecule has 0 bridgehead atoms. The van der Waals surface area contributed by atoms with Gasteiger partial charge in [-0.3, -0.25) is 9.59 Å². The minimum atomic E-state index is -0.552. The molecule has 1 aromatic carbocycles. The fraction of sp³-hybridized carbons (Fsp3) is 0.333. The van der Waals surface area contributed by atoms with Crippen molar-refractivity contribution in [3.05, 3.63) is 23.5 Å². The van der Waals surface area contributed by atoms with Crippen LogP contribution in [0.5, 0.6) is 0 Å². The van der Waals surface area contributed by atoms with Crippen molar-refractivity contribution in [3.8, 4) is 0 Å². The highest BCUT2D eigenvalue weighted by atomic mass is 19.1. The molecule has 0 aliphatic carbocycles. The topological polar surface area (TPSA) is 58.2 Å². The third-order valence-corrected chi connectivity index (χ3v) is 2.17. The summed E-state index contributed by atoms with van der Waals surface area (Å²) < 4.78 is 13.7. The van der Waals surface area contributed by atoms with Crippen LogP contribution < -0.4 is 10.6 Å². The average molecular weight is 238 g/mol.